The largest absolute Gasteiger partial charge is 0.378 e. The molecule has 1 amide bonds. The first kappa shape index (κ1) is 17.0. The number of anilines is 1. The average molecular weight is 334 g/mol. The van der Waals surface area contributed by atoms with E-state index in [-0.39, 0.29) is 11.5 Å². The smallest absolute Gasteiger partial charge is 0.255 e. The molecule has 0 bridgehead atoms. The molecule has 0 radical (unpaired) electrons. The van der Waals surface area contributed by atoms with Crippen molar-refractivity contribution >= 4 is 11.9 Å². The van der Waals surface area contributed by atoms with Crippen molar-refractivity contribution in [3.05, 3.63) is 21.6 Å². The van der Waals surface area contributed by atoms with Crippen molar-refractivity contribution in [1.82, 2.24) is 14.9 Å². The first-order chi connectivity index (χ1) is 11.6. The molecule has 1 aromatic rings. The maximum atomic E-state index is 12.4. The molecule has 0 spiro atoms. The number of ether oxygens (including phenoxy) is 1. The van der Waals surface area contributed by atoms with E-state index < -0.39 is 0 Å². The molecule has 1 aromatic heterocycles. The van der Waals surface area contributed by atoms with E-state index in [2.05, 4.69) is 9.97 Å². The predicted molar refractivity (Wildman–Crippen MR) is 91.4 cm³/mol. The maximum absolute atomic E-state index is 12.4. The Morgan fingerprint density at radius 2 is 1.88 bits per heavy atom. The molecule has 7 nitrogen and oxygen atoms in total. The molecule has 2 aliphatic heterocycles. The highest BCUT2D eigenvalue weighted by molar-refractivity contribution is 5.76. The lowest BCUT2D eigenvalue weighted by Gasteiger charge is -2.28. The fourth-order valence-corrected chi connectivity index (χ4v) is 3.35. The number of aromatic nitrogens is 2. The molecular weight excluding hydrogens is 308 g/mol. The summed E-state index contributed by atoms with van der Waals surface area (Å²) in [6, 6.07) is 0. The molecule has 3 heterocycles. The number of aromatic amines is 1. The number of H-pyrrole nitrogens is 1. The number of piperidine rings is 1. The number of rotatable bonds is 4. The van der Waals surface area contributed by atoms with E-state index in [0.717, 1.165) is 39.0 Å². The highest BCUT2D eigenvalue weighted by Crippen LogP contribution is 2.13. The third-order valence-electron chi connectivity index (χ3n) is 4.82. The molecule has 3 rings (SSSR count). The Morgan fingerprint density at radius 1 is 1.17 bits per heavy atom. The van der Waals surface area contributed by atoms with E-state index in [1.807, 2.05) is 16.7 Å². The van der Waals surface area contributed by atoms with E-state index in [1.54, 1.807) is 0 Å². The fraction of sp³-hybridized carbons (Fsp3) is 0.706. The van der Waals surface area contributed by atoms with Gasteiger partial charge in [0.2, 0.25) is 11.9 Å². The van der Waals surface area contributed by atoms with Crippen molar-refractivity contribution in [1.29, 1.82) is 0 Å². The molecular formula is C17H26N4O3. The minimum Gasteiger partial charge on any atom is -0.378 e. The minimum atomic E-state index is -0.129. The van der Waals surface area contributed by atoms with Gasteiger partial charge in [-0.15, -0.1) is 0 Å². The van der Waals surface area contributed by atoms with Gasteiger partial charge in [-0.25, -0.2) is 4.98 Å². The summed E-state index contributed by atoms with van der Waals surface area (Å²) < 4.78 is 5.32. The van der Waals surface area contributed by atoms with Crippen LogP contribution in [0.3, 0.4) is 0 Å². The van der Waals surface area contributed by atoms with Crippen LogP contribution in [0.25, 0.3) is 0 Å². The van der Waals surface area contributed by atoms with Gasteiger partial charge in [-0.3, -0.25) is 14.6 Å². The van der Waals surface area contributed by atoms with Gasteiger partial charge in [0, 0.05) is 43.9 Å². The SMILES string of the molecule is Cc1nc(N2CCOCC2)[nH]c(=O)c1CCC(=O)N1CCCCC1. The lowest BCUT2D eigenvalue weighted by Crippen LogP contribution is -2.39. The Morgan fingerprint density at radius 3 is 2.54 bits per heavy atom. The predicted octanol–water partition coefficient (Wildman–Crippen LogP) is 0.860. The van der Waals surface area contributed by atoms with E-state index in [9.17, 15) is 9.59 Å². The zero-order valence-corrected chi connectivity index (χ0v) is 14.3. The molecule has 2 fully saturated rings. The molecule has 0 aliphatic carbocycles. The summed E-state index contributed by atoms with van der Waals surface area (Å²) in [5.41, 5.74) is 1.21. The van der Waals surface area contributed by atoms with Crippen molar-refractivity contribution in [3.63, 3.8) is 0 Å². The first-order valence-corrected chi connectivity index (χ1v) is 8.85. The standard InChI is InChI=1S/C17H26N4O3/c1-13-14(5-6-15(22)20-7-3-2-4-8-20)16(23)19-17(18-13)21-9-11-24-12-10-21/h2-12H2,1H3,(H,18,19,23). The summed E-state index contributed by atoms with van der Waals surface area (Å²) in [6.07, 6.45) is 4.20. The molecule has 0 unspecified atom stereocenters. The third-order valence-corrected chi connectivity index (χ3v) is 4.82. The maximum Gasteiger partial charge on any atom is 0.255 e. The molecule has 132 valence electrons. The van der Waals surface area contributed by atoms with Crippen LogP contribution in [0.4, 0.5) is 5.95 Å². The van der Waals surface area contributed by atoms with Gasteiger partial charge >= 0.3 is 0 Å². The summed E-state index contributed by atoms with van der Waals surface area (Å²) >= 11 is 0. The number of likely N-dealkylation sites (tertiary alicyclic amines) is 1. The molecule has 2 saturated heterocycles. The summed E-state index contributed by atoms with van der Waals surface area (Å²) in [5, 5.41) is 0. The Labute approximate surface area is 142 Å². The second kappa shape index (κ2) is 7.79. The highest BCUT2D eigenvalue weighted by Gasteiger charge is 2.19. The van der Waals surface area contributed by atoms with E-state index in [1.165, 1.54) is 6.42 Å². The number of aryl methyl sites for hydroxylation is 1. The Bertz CT molecular complexity index is 631. The average Bonchev–Trinajstić information content (AvgIpc) is 2.62. The Hall–Kier alpha value is -1.89. The van der Waals surface area contributed by atoms with Crippen LogP contribution in [0.15, 0.2) is 4.79 Å². The monoisotopic (exact) mass is 334 g/mol. The van der Waals surface area contributed by atoms with Gasteiger partial charge < -0.3 is 14.5 Å². The molecule has 7 heteroatoms. The number of hydrogen-bond donors (Lipinski definition) is 1. The molecule has 0 atom stereocenters. The molecule has 2 aliphatic rings. The van der Waals surface area contributed by atoms with E-state index in [0.29, 0.717) is 43.3 Å². The van der Waals surface area contributed by atoms with Gasteiger partial charge in [-0.2, -0.15) is 0 Å². The zero-order chi connectivity index (χ0) is 16.9. The van der Waals surface area contributed by atoms with E-state index >= 15 is 0 Å². The van der Waals surface area contributed by atoms with Crippen molar-refractivity contribution in [2.75, 3.05) is 44.3 Å². The highest BCUT2D eigenvalue weighted by atomic mass is 16.5. The normalized spacial score (nSPS) is 18.7. The van der Waals surface area contributed by atoms with Crippen molar-refractivity contribution in [2.24, 2.45) is 0 Å². The molecule has 1 N–H and O–H groups in total. The van der Waals surface area contributed by atoms with Crippen molar-refractivity contribution < 1.29 is 9.53 Å². The second-order valence-electron chi connectivity index (χ2n) is 6.49. The number of nitrogens with one attached hydrogen (secondary N) is 1. The molecule has 24 heavy (non-hydrogen) atoms. The van der Waals surface area contributed by atoms with E-state index in [4.69, 9.17) is 4.74 Å². The van der Waals surface area contributed by atoms with Gasteiger partial charge in [0.15, 0.2) is 0 Å². The summed E-state index contributed by atoms with van der Waals surface area (Å²) in [4.78, 5) is 36.0. The van der Waals surface area contributed by atoms with Crippen molar-refractivity contribution in [2.45, 2.75) is 39.0 Å². The summed E-state index contributed by atoms with van der Waals surface area (Å²) in [5.74, 6) is 0.748. The van der Waals surface area contributed by atoms with Gasteiger partial charge in [-0.05, 0) is 32.6 Å². The number of morpholine rings is 1. The topological polar surface area (TPSA) is 78.5 Å². The zero-order valence-electron chi connectivity index (χ0n) is 14.3. The number of carbonyl (C=O) groups is 1. The van der Waals surface area contributed by atoms with Crippen LogP contribution in [-0.4, -0.2) is 60.2 Å². The van der Waals surface area contributed by atoms with Gasteiger partial charge in [0.1, 0.15) is 0 Å². The van der Waals surface area contributed by atoms with Crippen LogP contribution < -0.4 is 10.5 Å². The molecule has 0 saturated carbocycles. The van der Waals surface area contributed by atoms with Crippen LogP contribution >= 0.6 is 0 Å². The number of nitrogens with zero attached hydrogens (tertiary/aromatic N) is 3. The first-order valence-electron chi connectivity index (χ1n) is 8.85. The Kier molecular flexibility index (Phi) is 5.50. The van der Waals surface area contributed by atoms with Gasteiger partial charge in [-0.1, -0.05) is 0 Å². The van der Waals surface area contributed by atoms with Crippen LogP contribution in [0.2, 0.25) is 0 Å². The Balaban J connectivity index is 1.65. The number of carbonyl (C=O) groups excluding carboxylic acids is 1. The summed E-state index contributed by atoms with van der Waals surface area (Å²) in [7, 11) is 0. The number of hydrogen-bond acceptors (Lipinski definition) is 5. The van der Waals surface area contributed by atoms with Crippen LogP contribution in [0.1, 0.15) is 36.9 Å². The minimum absolute atomic E-state index is 0.129. The van der Waals surface area contributed by atoms with Crippen LogP contribution in [0, 0.1) is 6.92 Å². The van der Waals surface area contributed by atoms with Gasteiger partial charge in [0.05, 0.1) is 13.2 Å². The van der Waals surface area contributed by atoms with Gasteiger partial charge in [0.25, 0.3) is 5.56 Å². The summed E-state index contributed by atoms with van der Waals surface area (Å²) in [6.45, 7) is 6.30. The van der Waals surface area contributed by atoms with Crippen LogP contribution in [-0.2, 0) is 16.0 Å². The second-order valence-corrected chi connectivity index (χ2v) is 6.49. The quantitative estimate of drug-likeness (QED) is 0.883. The number of amides is 1. The lowest BCUT2D eigenvalue weighted by molar-refractivity contribution is -0.132. The third kappa shape index (κ3) is 3.95. The van der Waals surface area contributed by atoms with Crippen LogP contribution in [0.5, 0.6) is 0 Å². The fourth-order valence-electron chi connectivity index (χ4n) is 3.35. The van der Waals surface area contributed by atoms with Crippen molar-refractivity contribution in [3.8, 4) is 0 Å². The molecule has 0 aromatic carbocycles. The lowest BCUT2D eigenvalue weighted by atomic mass is 10.1.